The Morgan fingerprint density at radius 3 is 2.07 bits per heavy atom. The van der Waals surface area contributed by atoms with Crippen LogP contribution in [0.2, 0.25) is 0 Å². The lowest BCUT2D eigenvalue weighted by molar-refractivity contribution is -0.149. The van der Waals surface area contributed by atoms with Gasteiger partial charge in [0.05, 0.1) is 37.4 Å². The molecule has 32 nitrogen and oxygen atoms in total. The number of unbranched alkanes of at least 4 members (excludes halogenated alkanes) is 2. The zero-order valence-electron chi connectivity index (χ0n) is 48.1. The molecule has 7 rings (SSSR count). The van der Waals surface area contributed by atoms with Gasteiger partial charge < -0.3 is 102 Å². The van der Waals surface area contributed by atoms with E-state index in [4.69, 9.17) is 15.0 Å². The van der Waals surface area contributed by atoms with Gasteiger partial charge in [-0.3, -0.25) is 42.9 Å². The molecule has 0 radical (unpaired) electrons. The number of ether oxygens (including phenoxy) is 1. The zero-order valence-corrected chi connectivity index (χ0v) is 48.9. The first kappa shape index (κ1) is 68.1. The fraction of sp³-hybridized carbons (Fsp3) is 0.482. The minimum atomic E-state index is -5.35. The maximum atomic E-state index is 14.7. The number of rotatable bonds is 18. The van der Waals surface area contributed by atoms with Crippen LogP contribution < -0.4 is 41.2 Å². The lowest BCUT2D eigenvalue weighted by Gasteiger charge is -2.34. The molecule has 8 amide bonds. The number of carbonyl (C=O) groups is 8. The van der Waals surface area contributed by atoms with Crippen LogP contribution in [0.3, 0.4) is 0 Å². The highest BCUT2D eigenvalue weighted by Gasteiger charge is 2.51. The molecule has 3 fully saturated rings. The molecule has 3 aliphatic rings. The molecule has 0 aliphatic carbocycles. The smallest absolute Gasteiger partial charge is 0.446 e. The van der Waals surface area contributed by atoms with E-state index >= 15 is 0 Å². The van der Waals surface area contributed by atoms with Crippen molar-refractivity contribution in [3.05, 3.63) is 83.9 Å². The number of hydrogen-bond acceptors (Lipinski definition) is 23. The summed E-state index contributed by atoms with van der Waals surface area (Å²) in [5.74, 6) is -12.9. The number of aliphatic hydroxyl groups is 8. The van der Waals surface area contributed by atoms with Crippen molar-refractivity contribution in [1.82, 2.24) is 41.5 Å². The van der Waals surface area contributed by atoms with Crippen LogP contribution in [0.4, 0.5) is 0 Å². The summed E-state index contributed by atoms with van der Waals surface area (Å²) in [6.07, 6.45) is -17.3. The first-order valence-electron chi connectivity index (χ1n) is 28.1. The monoisotopic (exact) mass is 1270 g/mol. The second-order valence-corrected chi connectivity index (χ2v) is 22.9. The quantitative estimate of drug-likeness (QED) is 0.0334. The van der Waals surface area contributed by atoms with Gasteiger partial charge in [0.2, 0.25) is 41.4 Å². The molecule has 33 heteroatoms. The van der Waals surface area contributed by atoms with Gasteiger partial charge in [-0.1, -0.05) is 50.0 Å². The minimum Gasteiger partial charge on any atom is -0.504 e. The van der Waals surface area contributed by atoms with Gasteiger partial charge in [0.15, 0.2) is 23.5 Å². The third-order valence-electron chi connectivity index (χ3n) is 15.2. The number of nitrogens with one attached hydrogen (secondary N) is 5. The first-order valence-corrected chi connectivity index (χ1v) is 29.5. The van der Waals surface area contributed by atoms with Crippen LogP contribution in [0.1, 0.15) is 81.3 Å². The number of amides is 8. The van der Waals surface area contributed by atoms with Crippen molar-refractivity contribution < 1.29 is 111 Å². The fourth-order valence-corrected chi connectivity index (χ4v) is 10.7. The molecule has 1 aromatic heterocycles. The zero-order chi connectivity index (χ0) is 65.3. The number of hydrogen-bond donors (Lipinski definition) is 16. The molecule has 89 heavy (non-hydrogen) atoms. The summed E-state index contributed by atoms with van der Waals surface area (Å²) in [4.78, 5) is 115. The van der Waals surface area contributed by atoms with Crippen molar-refractivity contribution >= 4 is 57.7 Å². The highest BCUT2D eigenvalue weighted by molar-refractivity contribution is 7.81. The van der Waals surface area contributed by atoms with Gasteiger partial charge in [-0.2, -0.15) is 8.42 Å². The van der Waals surface area contributed by atoms with Crippen molar-refractivity contribution in [3.8, 4) is 39.8 Å². The maximum absolute atomic E-state index is 14.7. The van der Waals surface area contributed by atoms with Crippen LogP contribution in [-0.4, -0.2) is 220 Å². The molecule has 484 valence electrons. The Balaban J connectivity index is 1.22. The van der Waals surface area contributed by atoms with E-state index in [0.717, 1.165) is 32.3 Å². The van der Waals surface area contributed by atoms with E-state index in [1.165, 1.54) is 31.2 Å². The van der Waals surface area contributed by atoms with Gasteiger partial charge in [0.1, 0.15) is 66.0 Å². The molecule has 3 saturated heterocycles. The summed E-state index contributed by atoms with van der Waals surface area (Å²) in [6, 6.07) is 3.52. The number of phenols is 1. The number of aromatic nitrogens is 1. The van der Waals surface area contributed by atoms with Crippen molar-refractivity contribution in [2.45, 2.75) is 145 Å². The number of benzene rings is 3. The van der Waals surface area contributed by atoms with E-state index in [9.17, 15) is 97.3 Å². The number of phenolic OH excluding ortho intramolecular Hbond substituents is 1. The Labute approximate surface area is 507 Å². The predicted molar refractivity (Wildman–Crippen MR) is 304 cm³/mol. The Kier molecular flexibility index (Phi) is 22.4. The summed E-state index contributed by atoms with van der Waals surface area (Å²) in [6.45, 7) is 3.74. The molecule has 15 atom stereocenters. The van der Waals surface area contributed by atoms with Crippen molar-refractivity contribution in [2.24, 2.45) is 11.7 Å². The molecular weight excluding hydrogens is 1200 g/mol. The number of fused-ring (bicyclic) bond motifs is 2. The molecular formula is C56H71N9O23S. The number of aliphatic hydroxyl groups excluding tert-OH is 8. The van der Waals surface area contributed by atoms with Gasteiger partial charge in [0, 0.05) is 54.6 Å². The molecule has 0 bridgehead atoms. The normalized spacial score (nSPS) is 26.4. The van der Waals surface area contributed by atoms with Gasteiger partial charge in [-0.25, -0.2) is 0 Å². The van der Waals surface area contributed by atoms with Crippen LogP contribution in [-0.2, 0) is 44.0 Å². The molecule has 2 unspecified atom stereocenters. The predicted octanol–water partition coefficient (Wildman–Crippen LogP) is -3.90. The average Bonchev–Trinajstić information content (AvgIpc) is 2.76. The largest absolute Gasteiger partial charge is 0.504 e. The van der Waals surface area contributed by atoms with Crippen LogP contribution >= 0.6 is 0 Å². The SMILES string of the molecule is CCCCCOc1ccc(-c2cc(-c3ccc(C(=O)N[C@H]4C[C@@H](O)[C@@H](O)NC(=O)[C@@H]5[C@@H](O)[C@@H](C)CN5C(=O)[C@H]([C@H](O)CC(N)=O)NC(=O)C([C@H](O)[C@@H](O)c5ccc(O)c(OS(=O)(=O)O)c5)NC(=O)C5C[C@@H](O)CN5C(=O)[C@H]([C@@H](C)O)NC4=O)cc3)no2)cc1. The number of nitrogens with zero attached hydrogens (tertiary/aromatic N) is 3. The van der Waals surface area contributed by atoms with E-state index in [2.05, 4.69) is 32.2 Å². The third kappa shape index (κ3) is 16.9. The summed E-state index contributed by atoms with van der Waals surface area (Å²) < 4.78 is 48.1. The van der Waals surface area contributed by atoms with E-state index < -0.39 is 198 Å². The lowest BCUT2D eigenvalue weighted by Crippen LogP contribution is -2.64. The molecule has 0 saturated carbocycles. The number of nitrogens with two attached hydrogens (primary N) is 1. The molecule has 3 aromatic carbocycles. The molecule has 4 aromatic rings. The molecule has 4 heterocycles. The highest BCUT2D eigenvalue weighted by atomic mass is 32.3. The number of aromatic hydroxyl groups is 1. The fourth-order valence-electron chi connectivity index (χ4n) is 10.3. The minimum absolute atomic E-state index is 0.107. The molecule has 0 spiro atoms. The summed E-state index contributed by atoms with van der Waals surface area (Å²) in [7, 11) is -5.35. The van der Waals surface area contributed by atoms with Crippen LogP contribution in [0.15, 0.2) is 77.3 Å². The Hall–Kier alpha value is -8.38. The van der Waals surface area contributed by atoms with Crippen molar-refractivity contribution in [2.75, 3.05) is 19.7 Å². The summed E-state index contributed by atoms with van der Waals surface area (Å²) in [5.41, 5.74) is 6.17. The van der Waals surface area contributed by atoms with Crippen LogP contribution in [0, 0.1) is 5.92 Å². The topological polar surface area (TPSA) is 510 Å². The van der Waals surface area contributed by atoms with Gasteiger partial charge in [-0.05, 0) is 67.4 Å². The second-order valence-electron chi connectivity index (χ2n) is 21.9. The van der Waals surface area contributed by atoms with E-state index in [-0.39, 0.29) is 5.56 Å². The van der Waals surface area contributed by atoms with Gasteiger partial charge in [0.25, 0.3) is 5.91 Å². The van der Waals surface area contributed by atoms with Crippen LogP contribution in [0.25, 0.3) is 22.6 Å². The Bertz CT molecular complexity index is 3340. The van der Waals surface area contributed by atoms with Crippen LogP contribution in [0.5, 0.6) is 17.2 Å². The third-order valence-corrected chi connectivity index (χ3v) is 15.6. The standard InChI is InChI=1S/C56H71N9O23S/c1-4-5-6-17-86-32-14-11-28(12-15-32)39-21-33(63-87-39)27-7-9-29(10-8-27)49(75)58-34-20-38(70)52(78)62-54(80)45-46(72)25(2)23-65(45)56(82)43(37(69)22-41(57)71)60-53(79)44(48(74)47(73)30-13-16-36(68)40(18-30)88-89(83,84)85)61-51(77)35-19-31(67)24-64(35)55(81)42(26(3)66)59-50(34)76/h7-16,18,21,25-26,31,34-35,37-38,42-48,52,66-70,72-74,78H,4-6,17,19-20,22-24H2,1-3H3,(H2,57,71)(H,58,75)(H,59,76)(H,60,79)(H,61,77)(H,62,80)(H,83,84,85)/t25-,26+,31+,34-,35?,37+,38+,42-,43-,44?,45-,46-,47-,48-,52+/m0/s1. The Morgan fingerprint density at radius 1 is 0.787 bits per heavy atom. The number of primary amides is 1. The van der Waals surface area contributed by atoms with E-state index in [0.29, 0.717) is 56.9 Å². The average molecular weight is 1270 g/mol. The lowest BCUT2D eigenvalue weighted by atomic mass is 9.96. The van der Waals surface area contributed by atoms with Crippen molar-refractivity contribution in [3.63, 3.8) is 0 Å². The van der Waals surface area contributed by atoms with E-state index in [1.807, 2.05) is 10.6 Å². The molecule has 17 N–H and O–H groups in total. The Morgan fingerprint density at radius 2 is 1.43 bits per heavy atom. The van der Waals surface area contributed by atoms with Gasteiger partial charge >= 0.3 is 10.4 Å². The summed E-state index contributed by atoms with van der Waals surface area (Å²) >= 11 is 0. The number of carbonyl (C=O) groups excluding carboxylic acids is 8. The van der Waals surface area contributed by atoms with Crippen molar-refractivity contribution in [1.29, 1.82) is 0 Å². The van der Waals surface area contributed by atoms with E-state index in [1.54, 1.807) is 30.3 Å². The maximum Gasteiger partial charge on any atom is 0.446 e. The highest BCUT2D eigenvalue weighted by Crippen LogP contribution is 2.34. The second kappa shape index (κ2) is 29.3. The van der Waals surface area contributed by atoms with Gasteiger partial charge in [-0.15, -0.1) is 0 Å². The summed E-state index contributed by atoms with van der Waals surface area (Å²) in [5, 5.41) is 116. The first-order chi connectivity index (χ1) is 42.0. The molecule has 3 aliphatic heterocycles.